The molecule has 2 aromatic rings. The minimum absolute atomic E-state index is 0.0304. The molecule has 0 radical (unpaired) electrons. The third kappa shape index (κ3) is 8.12. The molecular weight excluding hydrogens is 557 g/mol. The van der Waals surface area contributed by atoms with Gasteiger partial charge in [0, 0.05) is 28.2 Å². The highest BCUT2D eigenvalue weighted by Gasteiger charge is 2.34. The summed E-state index contributed by atoms with van der Waals surface area (Å²) >= 11 is 12.9. The van der Waals surface area contributed by atoms with Crippen molar-refractivity contribution < 1.29 is 18.0 Å². The fourth-order valence-electron chi connectivity index (χ4n) is 5.12. The Morgan fingerprint density at radius 3 is 2.18 bits per heavy atom. The summed E-state index contributed by atoms with van der Waals surface area (Å²) in [6, 6.07) is 11.4. The van der Waals surface area contributed by atoms with Crippen molar-refractivity contribution in [2.75, 3.05) is 17.1 Å². The summed E-state index contributed by atoms with van der Waals surface area (Å²) < 4.78 is 27.1. The number of anilines is 1. The Morgan fingerprint density at radius 2 is 1.62 bits per heavy atom. The molecule has 3 rings (SSSR count). The monoisotopic (exact) mass is 595 g/mol. The number of nitrogens with one attached hydrogen (secondary N) is 1. The third-order valence-electron chi connectivity index (χ3n) is 7.23. The maximum atomic E-state index is 14.0. The van der Waals surface area contributed by atoms with E-state index in [2.05, 4.69) is 5.32 Å². The summed E-state index contributed by atoms with van der Waals surface area (Å²) in [5.74, 6) is -0.738. The molecule has 0 aromatic heterocycles. The maximum Gasteiger partial charge on any atom is 0.244 e. The van der Waals surface area contributed by atoms with Crippen molar-refractivity contribution in [3.05, 3.63) is 63.6 Å². The van der Waals surface area contributed by atoms with E-state index in [1.165, 1.54) is 4.90 Å². The fourth-order valence-corrected chi connectivity index (χ4v) is 6.50. The summed E-state index contributed by atoms with van der Waals surface area (Å²) in [6.45, 7) is 5.28. The van der Waals surface area contributed by atoms with E-state index >= 15 is 0 Å². The molecule has 0 heterocycles. The van der Waals surface area contributed by atoms with Gasteiger partial charge in [-0.15, -0.1) is 0 Å². The summed E-state index contributed by atoms with van der Waals surface area (Å²) in [7, 11) is -3.83. The van der Waals surface area contributed by atoms with Crippen molar-refractivity contribution in [2.45, 2.75) is 83.8 Å². The Balaban J connectivity index is 2.00. The number of nitrogens with zero attached hydrogens (tertiary/aromatic N) is 2. The number of benzene rings is 2. The van der Waals surface area contributed by atoms with Gasteiger partial charge in [0.25, 0.3) is 0 Å². The maximum absolute atomic E-state index is 14.0. The van der Waals surface area contributed by atoms with Gasteiger partial charge in [0.1, 0.15) is 12.6 Å². The molecule has 1 saturated carbocycles. The van der Waals surface area contributed by atoms with Gasteiger partial charge >= 0.3 is 0 Å². The number of hydrogen-bond donors (Lipinski definition) is 1. The number of amides is 2. The smallest absolute Gasteiger partial charge is 0.244 e. The molecule has 39 heavy (non-hydrogen) atoms. The van der Waals surface area contributed by atoms with Crippen molar-refractivity contribution in [1.82, 2.24) is 10.2 Å². The fraction of sp³-hybridized carbons (Fsp3) is 0.517. The lowest BCUT2D eigenvalue weighted by Crippen LogP contribution is -2.54. The molecule has 10 heteroatoms. The molecule has 1 fully saturated rings. The van der Waals surface area contributed by atoms with Crippen LogP contribution in [0.4, 0.5) is 5.69 Å². The van der Waals surface area contributed by atoms with Crippen LogP contribution in [0.15, 0.2) is 42.5 Å². The summed E-state index contributed by atoms with van der Waals surface area (Å²) in [5.41, 5.74) is 1.75. The molecule has 0 bridgehead atoms. The number of para-hydroxylation sites is 1. The predicted octanol–water partition coefficient (Wildman–Crippen LogP) is 6.14. The molecule has 1 unspecified atom stereocenters. The van der Waals surface area contributed by atoms with Gasteiger partial charge in [-0.05, 0) is 48.9 Å². The van der Waals surface area contributed by atoms with Crippen molar-refractivity contribution in [3.63, 3.8) is 0 Å². The molecule has 1 aliphatic carbocycles. The molecule has 0 saturated heterocycles. The van der Waals surface area contributed by atoms with E-state index < -0.39 is 28.5 Å². The molecule has 0 spiro atoms. The largest absolute Gasteiger partial charge is 0.352 e. The van der Waals surface area contributed by atoms with E-state index in [1.54, 1.807) is 30.3 Å². The standard InChI is InChI=1S/C29H39Cl2N3O4S/c1-5-26(29(36)32-21-12-7-6-8-13-21)33(18-23-24(30)15-11-16-25(23)31)28(35)19-34(39(4,37)38)27-17-10-9-14-22(27)20(2)3/h9-11,14-17,20-21,26H,5-8,12-13,18-19H2,1-4H3,(H,32,36). The lowest BCUT2D eigenvalue weighted by Gasteiger charge is -2.35. The normalized spacial score (nSPS) is 15.2. The first-order chi connectivity index (χ1) is 18.4. The van der Waals surface area contributed by atoms with Gasteiger partial charge in [0.2, 0.25) is 21.8 Å². The van der Waals surface area contributed by atoms with Crippen LogP contribution < -0.4 is 9.62 Å². The Bertz CT molecular complexity index is 1240. The van der Waals surface area contributed by atoms with E-state index in [0.29, 0.717) is 27.7 Å². The van der Waals surface area contributed by atoms with E-state index in [1.807, 2.05) is 32.9 Å². The quantitative estimate of drug-likeness (QED) is 0.338. The van der Waals surface area contributed by atoms with E-state index in [0.717, 1.165) is 48.2 Å². The van der Waals surface area contributed by atoms with Gasteiger partial charge in [-0.3, -0.25) is 13.9 Å². The van der Waals surface area contributed by atoms with Crippen molar-refractivity contribution in [1.29, 1.82) is 0 Å². The van der Waals surface area contributed by atoms with Crippen molar-refractivity contribution in [3.8, 4) is 0 Å². The van der Waals surface area contributed by atoms with E-state index in [4.69, 9.17) is 23.2 Å². The van der Waals surface area contributed by atoms with Crippen LogP contribution in [0.5, 0.6) is 0 Å². The second-order valence-corrected chi connectivity index (χ2v) is 13.2. The zero-order chi connectivity index (χ0) is 28.7. The van der Waals surface area contributed by atoms with Crippen LogP contribution >= 0.6 is 23.2 Å². The highest BCUT2D eigenvalue weighted by molar-refractivity contribution is 7.92. The van der Waals surface area contributed by atoms with Crippen LogP contribution in [0.25, 0.3) is 0 Å². The Labute approximate surface area is 242 Å². The molecule has 2 amide bonds. The van der Waals surface area contributed by atoms with Gasteiger partial charge in [-0.1, -0.05) is 87.5 Å². The summed E-state index contributed by atoms with van der Waals surface area (Å²) in [6.07, 6.45) is 6.49. The predicted molar refractivity (Wildman–Crippen MR) is 159 cm³/mol. The Hall–Kier alpha value is -2.29. The van der Waals surface area contributed by atoms with Crippen LogP contribution in [0.3, 0.4) is 0 Å². The number of sulfonamides is 1. The molecule has 1 aliphatic rings. The zero-order valence-electron chi connectivity index (χ0n) is 23.1. The number of carbonyl (C=O) groups excluding carboxylic acids is 2. The first-order valence-corrected chi connectivity index (χ1v) is 16.1. The Kier molecular flexibility index (Phi) is 11.1. The summed E-state index contributed by atoms with van der Waals surface area (Å²) in [5, 5.41) is 3.87. The second kappa shape index (κ2) is 13.9. The first kappa shape index (κ1) is 31.2. The van der Waals surface area contributed by atoms with E-state index in [9.17, 15) is 18.0 Å². The first-order valence-electron chi connectivity index (χ1n) is 13.5. The molecule has 214 valence electrons. The third-order valence-corrected chi connectivity index (χ3v) is 9.07. The van der Waals surface area contributed by atoms with Gasteiger partial charge in [0.15, 0.2) is 0 Å². The minimum Gasteiger partial charge on any atom is -0.352 e. The van der Waals surface area contributed by atoms with Gasteiger partial charge in [0.05, 0.1) is 11.9 Å². The number of halogens is 2. The highest BCUT2D eigenvalue weighted by Crippen LogP contribution is 2.31. The SMILES string of the molecule is CCC(C(=O)NC1CCCCC1)N(Cc1c(Cl)cccc1Cl)C(=O)CN(c1ccccc1C(C)C)S(C)(=O)=O. The molecule has 1 atom stereocenters. The molecule has 2 aromatic carbocycles. The minimum atomic E-state index is -3.83. The number of hydrogen-bond acceptors (Lipinski definition) is 4. The lowest BCUT2D eigenvalue weighted by molar-refractivity contribution is -0.140. The van der Waals surface area contributed by atoms with Crippen LogP contribution in [-0.4, -0.2) is 50.0 Å². The van der Waals surface area contributed by atoms with E-state index in [-0.39, 0.29) is 24.4 Å². The van der Waals surface area contributed by atoms with Crippen LogP contribution in [-0.2, 0) is 26.2 Å². The van der Waals surface area contributed by atoms with Crippen molar-refractivity contribution >= 4 is 50.7 Å². The molecule has 1 N–H and O–H groups in total. The van der Waals surface area contributed by atoms with Gasteiger partial charge in [-0.2, -0.15) is 0 Å². The molecular formula is C29H39Cl2N3O4S. The van der Waals surface area contributed by atoms with Crippen LogP contribution in [0, 0.1) is 0 Å². The lowest BCUT2D eigenvalue weighted by atomic mass is 9.95. The molecule has 0 aliphatic heterocycles. The average molecular weight is 597 g/mol. The number of carbonyl (C=O) groups is 2. The van der Waals surface area contributed by atoms with Gasteiger partial charge < -0.3 is 10.2 Å². The van der Waals surface area contributed by atoms with Crippen LogP contribution in [0.2, 0.25) is 10.0 Å². The Morgan fingerprint density at radius 1 is 1.00 bits per heavy atom. The van der Waals surface area contributed by atoms with Crippen molar-refractivity contribution in [2.24, 2.45) is 0 Å². The zero-order valence-corrected chi connectivity index (χ0v) is 25.5. The highest BCUT2D eigenvalue weighted by atomic mass is 35.5. The van der Waals surface area contributed by atoms with Crippen LogP contribution in [0.1, 0.15) is 76.3 Å². The topological polar surface area (TPSA) is 86.8 Å². The number of rotatable bonds is 11. The average Bonchev–Trinajstić information content (AvgIpc) is 2.88. The second-order valence-electron chi connectivity index (χ2n) is 10.5. The molecule has 7 nitrogen and oxygen atoms in total. The summed E-state index contributed by atoms with van der Waals surface area (Å²) in [4.78, 5) is 29.0. The van der Waals surface area contributed by atoms with Gasteiger partial charge in [-0.25, -0.2) is 8.42 Å².